The van der Waals surface area contributed by atoms with Crippen molar-refractivity contribution in [1.82, 2.24) is 10.3 Å². The quantitative estimate of drug-likeness (QED) is 0.533. The van der Waals surface area contributed by atoms with Gasteiger partial charge in [-0.3, -0.25) is 0 Å². The summed E-state index contributed by atoms with van der Waals surface area (Å²) in [6, 6.07) is 3.82. The SMILES string of the molecule is OCCOCCCNCc1cccnc1Cl. The first-order chi connectivity index (χ1) is 7.84. The van der Waals surface area contributed by atoms with Crippen molar-refractivity contribution in [1.29, 1.82) is 0 Å². The van der Waals surface area contributed by atoms with E-state index in [4.69, 9.17) is 21.4 Å². The molecule has 1 rings (SSSR count). The molecule has 1 aromatic heterocycles. The minimum Gasteiger partial charge on any atom is -0.394 e. The number of aliphatic hydroxyl groups is 1. The van der Waals surface area contributed by atoms with Crippen LogP contribution in [-0.2, 0) is 11.3 Å². The topological polar surface area (TPSA) is 54.4 Å². The number of pyridine rings is 1. The molecule has 0 bridgehead atoms. The largest absolute Gasteiger partial charge is 0.394 e. The summed E-state index contributed by atoms with van der Waals surface area (Å²) in [6.45, 7) is 2.73. The van der Waals surface area contributed by atoms with Gasteiger partial charge in [0.25, 0.3) is 0 Å². The lowest BCUT2D eigenvalue weighted by atomic mass is 10.3. The van der Waals surface area contributed by atoms with Gasteiger partial charge in [0.2, 0.25) is 0 Å². The van der Waals surface area contributed by atoms with Gasteiger partial charge in [-0.15, -0.1) is 0 Å². The number of nitrogens with zero attached hydrogens (tertiary/aromatic N) is 1. The first-order valence-corrected chi connectivity index (χ1v) is 5.71. The van der Waals surface area contributed by atoms with Crippen LogP contribution in [0.15, 0.2) is 18.3 Å². The predicted octanol–water partition coefficient (Wildman–Crippen LogP) is 1.22. The van der Waals surface area contributed by atoms with Crippen LogP contribution in [0.3, 0.4) is 0 Å². The zero-order chi connectivity index (χ0) is 11.6. The number of nitrogens with one attached hydrogen (secondary N) is 1. The molecule has 0 saturated carbocycles. The minimum absolute atomic E-state index is 0.0821. The molecule has 0 saturated heterocycles. The Balaban J connectivity index is 2.05. The molecule has 0 amide bonds. The third-order valence-electron chi connectivity index (χ3n) is 2.03. The van der Waals surface area contributed by atoms with Crippen molar-refractivity contribution >= 4 is 11.6 Å². The molecule has 0 unspecified atom stereocenters. The van der Waals surface area contributed by atoms with Crippen molar-refractivity contribution in [3.05, 3.63) is 29.0 Å². The minimum atomic E-state index is 0.0821. The Labute approximate surface area is 101 Å². The molecule has 2 N–H and O–H groups in total. The smallest absolute Gasteiger partial charge is 0.133 e. The van der Waals surface area contributed by atoms with E-state index in [1.54, 1.807) is 6.20 Å². The van der Waals surface area contributed by atoms with Gasteiger partial charge in [-0.1, -0.05) is 17.7 Å². The molecule has 1 aromatic rings. The molecule has 1 heterocycles. The van der Waals surface area contributed by atoms with Gasteiger partial charge in [0.05, 0.1) is 13.2 Å². The van der Waals surface area contributed by atoms with E-state index < -0.39 is 0 Å². The zero-order valence-corrected chi connectivity index (χ0v) is 9.91. The monoisotopic (exact) mass is 244 g/mol. The molecule has 0 aromatic carbocycles. The fourth-order valence-electron chi connectivity index (χ4n) is 1.24. The summed E-state index contributed by atoms with van der Waals surface area (Å²) in [5.41, 5.74) is 1.00. The number of hydrogen-bond acceptors (Lipinski definition) is 4. The van der Waals surface area contributed by atoms with Gasteiger partial charge in [-0.05, 0) is 19.0 Å². The number of aromatic nitrogens is 1. The molecule has 0 spiro atoms. The van der Waals surface area contributed by atoms with Gasteiger partial charge in [-0.25, -0.2) is 4.98 Å². The van der Waals surface area contributed by atoms with E-state index in [2.05, 4.69) is 10.3 Å². The highest BCUT2D eigenvalue weighted by Gasteiger charge is 1.98. The highest BCUT2D eigenvalue weighted by atomic mass is 35.5. The molecule has 16 heavy (non-hydrogen) atoms. The summed E-state index contributed by atoms with van der Waals surface area (Å²) < 4.78 is 5.13. The van der Waals surface area contributed by atoms with E-state index in [0.29, 0.717) is 24.9 Å². The molecule has 0 aliphatic rings. The maximum atomic E-state index is 8.49. The van der Waals surface area contributed by atoms with E-state index in [0.717, 1.165) is 18.5 Å². The fraction of sp³-hybridized carbons (Fsp3) is 0.545. The molecule has 0 atom stereocenters. The molecule has 4 nitrogen and oxygen atoms in total. The second-order valence-electron chi connectivity index (χ2n) is 3.32. The van der Waals surface area contributed by atoms with E-state index in [1.807, 2.05) is 12.1 Å². The number of hydrogen-bond donors (Lipinski definition) is 2. The van der Waals surface area contributed by atoms with Crippen LogP contribution in [0.2, 0.25) is 5.15 Å². The van der Waals surface area contributed by atoms with Crippen LogP contribution in [0.5, 0.6) is 0 Å². The Morgan fingerprint density at radius 3 is 3.06 bits per heavy atom. The van der Waals surface area contributed by atoms with Crippen LogP contribution in [0.4, 0.5) is 0 Å². The van der Waals surface area contributed by atoms with Crippen LogP contribution < -0.4 is 5.32 Å². The first-order valence-electron chi connectivity index (χ1n) is 5.33. The van der Waals surface area contributed by atoms with E-state index in [1.165, 1.54) is 0 Å². The van der Waals surface area contributed by atoms with Crippen molar-refractivity contribution in [3.63, 3.8) is 0 Å². The molecular formula is C11H17ClN2O2. The first kappa shape index (κ1) is 13.4. The van der Waals surface area contributed by atoms with E-state index >= 15 is 0 Å². The summed E-state index contributed by atoms with van der Waals surface area (Å²) >= 11 is 5.90. The summed E-state index contributed by atoms with van der Waals surface area (Å²) in [6.07, 6.45) is 2.59. The third kappa shape index (κ3) is 5.42. The Bertz CT molecular complexity index is 297. The van der Waals surface area contributed by atoms with Crippen molar-refractivity contribution in [2.75, 3.05) is 26.4 Å². The van der Waals surface area contributed by atoms with Gasteiger partial charge in [0, 0.05) is 24.9 Å². The van der Waals surface area contributed by atoms with Crippen LogP contribution in [0.25, 0.3) is 0 Å². The van der Waals surface area contributed by atoms with Crippen LogP contribution >= 0.6 is 11.6 Å². The van der Waals surface area contributed by atoms with Crippen LogP contribution in [-0.4, -0.2) is 36.5 Å². The maximum Gasteiger partial charge on any atom is 0.133 e. The van der Waals surface area contributed by atoms with Crippen LogP contribution in [0, 0.1) is 0 Å². The highest BCUT2D eigenvalue weighted by molar-refractivity contribution is 6.30. The Morgan fingerprint density at radius 1 is 1.44 bits per heavy atom. The number of halogens is 1. The predicted molar refractivity (Wildman–Crippen MR) is 63.5 cm³/mol. The molecule has 5 heteroatoms. The van der Waals surface area contributed by atoms with Gasteiger partial charge < -0.3 is 15.2 Å². The van der Waals surface area contributed by atoms with Gasteiger partial charge in [-0.2, -0.15) is 0 Å². The fourth-order valence-corrected chi connectivity index (χ4v) is 1.43. The maximum absolute atomic E-state index is 8.49. The Hall–Kier alpha value is -0.680. The Kier molecular flexibility index (Phi) is 7.09. The lowest BCUT2D eigenvalue weighted by Crippen LogP contribution is -2.17. The summed E-state index contributed by atoms with van der Waals surface area (Å²) in [5.74, 6) is 0. The lowest BCUT2D eigenvalue weighted by molar-refractivity contribution is 0.0907. The third-order valence-corrected chi connectivity index (χ3v) is 2.37. The molecule has 0 radical (unpaired) electrons. The van der Waals surface area contributed by atoms with Gasteiger partial charge in [0.15, 0.2) is 0 Å². The van der Waals surface area contributed by atoms with Crippen molar-refractivity contribution in [3.8, 4) is 0 Å². The summed E-state index contributed by atoms with van der Waals surface area (Å²) in [7, 11) is 0. The van der Waals surface area contributed by atoms with Crippen molar-refractivity contribution in [2.45, 2.75) is 13.0 Å². The average Bonchev–Trinajstić information content (AvgIpc) is 2.30. The number of ether oxygens (including phenoxy) is 1. The zero-order valence-electron chi connectivity index (χ0n) is 9.16. The second-order valence-corrected chi connectivity index (χ2v) is 3.68. The van der Waals surface area contributed by atoms with E-state index in [9.17, 15) is 0 Å². The second kappa shape index (κ2) is 8.47. The molecule has 0 aliphatic heterocycles. The molecule has 0 aliphatic carbocycles. The van der Waals surface area contributed by atoms with Crippen LogP contribution in [0.1, 0.15) is 12.0 Å². The van der Waals surface area contributed by atoms with Crippen molar-refractivity contribution in [2.24, 2.45) is 0 Å². The number of aliphatic hydroxyl groups excluding tert-OH is 1. The summed E-state index contributed by atoms with van der Waals surface area (Å²) in [5, 5.41) is 12.3. The van der Waals surface area contributed by atoms with E-state index in [-0.39, 0.29) is 6.61 Å². The number of rotatable bonds is 8. The highest BCUT2D eigenvalue weighted by Crippen LogP contribution is 2.10. The molecule has 0 fully saturated rings. The molecular weight excluding hydrogens is 228 g/mol. The summed E-state index contributed by atoms with van der Waals surface area (Å²) in [4.78, 5) is 3.99. The van der Waals surface area contributed by atoms with Gasteiger partial charge in [0.1, 0.15) is 5.15 Å². The normalized spacial score (nSPS) is 10.6. The molecule has 90 valence electrons. The lowest BCUT2D eigenvalue weighted by Gasteiger charge is -2.06. The Morgan fingerprint density at radius 2 is 2.31 bits per heavy atom. The van der Waals surface area contributed by atoms with Crippen molar-refractivity contribution < 1.29 is 9.84 Å². The van der Waals surface area contributed by atoms with Gasteiger partial charge >= 0.3 is 0 Å². The standard InChI is InChI=1S/C11H17ClN2O2/c12-11-10(3-1-5-14-11)9-13-4-2-7-16-8-6-15/h1,3,5,13,15H,2,4,6-9H2. The average molecular weight is 245 g/mol.